The van der Waals surface area contributed by atoms with Crippen molar-refractivity contribution in [3.63, 3.8) is 0 Å². The molecule has 0 aliphatic heterocycles. The fourth-order valence-electron chi connectivity index (χ4n) is 3.44. The quantitative estimate of drug-likeness (QED) is 0.559. The average molecular weight is 417 g/mol. The third kappa shape index (κ3) is 5.95. The lowest BCUT2D eigenvalue weighted by Gasteiger charge is -2.31. The van der Waals surface area contributed by atoms with E-state index in [-0.39, 0.29) is 11.8 Å². The lowest BCUT2D eigenvalue weighted by molar-refractivity contribution is -0.141. The summed E-state index contributed by atoms with van der Waals surface area (Å²) in [5, 5.41) is 3.01. The van der Waals surface area contributed by atoms with Crippen LogP contribution in [0.5, 0.6) is 5.75 Å². The van der Waals surface area contributed by atoms with Gasteiger partial charge in [0.2, 0.25) is 11.8 Å². The highest BCUT2D eigenvalue weighted by Gasteiger charge is 2.30. The zero-order chi connectivity index (χ0) is 22.1. The van der Waals surface area contributed by atoms with Crippen molar-refractivity contribution in [2.75, 3.05) is 7.11 Å². The van der Waals surface area contributed by atoms with Gasteiger partial charge in [-0.05, 0) is 28.8 Å². The molecule has 0 aromatic heterocycles. The normalized spacial score (nSPS) is 11.4. The van der Waals surface area contributed by atoms with Gasteiger partial charge < -0.3 is 15.0 Å². The summed E-state index contributed by atoms with van der Waals surface area (Å²) in [6.45, 7) is 2.55. The van der Waals surface area contributed by atoms with Gasteiger partial charge in [-0.2, -0.15) is 0 Å². The van der Waals surface area contributed by atoms with E-state index in [9.17, 15) is 9.59 Å². The molecule has 3 aromatic rings. The lowest BCUT2D eigenvalue weighted by Crippen LogP contribution is -2.43. The highest BCUT2D eigenvalue weighted by atomic mass is 16.5. The van der Waals surface area contributed by atoms with Gasteiger partial charge in [0.1, 0.15) is 11.8 Å². The molecule has 0 aliphatic carbocycles. The zero-order valence-electron chi connectivity index (χ0n) is 18.0. The summed E-state index contributed by atoms with van der Waals surface area (Å²) in [6.07, 6.45) is 0.321. The maximum absolute atomic E-state index is 13.4. The van der Waals surface area contributed by atoms with Gasteiger partial charge in [-0.15, -0.1) is 0 Å². The van der Waals surface area contributed by atoms with E-state index >= 15 is 0 Å². The molecule has 0 unspecified atom stereocenters. The van der Waals surface area contributed by atoms with Gasteiger partial charge >= 0.3 is 0 Å². The van der Waals surface area contributed by atoms with Crippen LogP contribution in [0.4, 0.5) is 0 Å². The zero-order valence-corrected chi connectivity index (χ0v) is 18.0. The van der Waals surface area contributed by atoms with E-state index in [1.54, 1.807) is 12.0 Å². The molecule has 0 fully saturated rings. The molecule has 3 rings (SSSR count). The van der Waals surface area contributed by atoms with E-state index in [2.05, 4.69) is 5.32 Å². The number of methoxy groups -OCH3 is 1. The van der Waals surface area contributed by atoms with Gasteiger partial charge in [-0.3, -0.25) is 9.59 Å². The minimum Gasteiger partial charge on any atom is -0.497 e. The number of ether oxygens (including phenoxy) is 1. The number of nitrogens with zero attached hydrogens (tertiary/aromatic N) is 1. The van der Waals surface area contributed by atoms with Gasteiger partial charge in [-0.1, -0.05) is 79.7 Å². The molecule has 31 heavy (non-hydrogen) atoms. The molecule has 5 heteroatoms. The van der Waals surface area contributed by atoms with Gasteiger partial charge in [0, 0.05) is 19.5 Å². The van der Waals surface area contributed by atoms with Crippen LogP contribution in [0.15, 0.2) is 84.9 Å². The van der Waals surface area contributed by atoms with Gasteiger partial charge in [0.25, 0.3) is 0 Å². The van der Waals surface area contributed by atoms with Crippen LogP contribution in [0.2, 0.25) is 0 Å². The second kappa shape index (κ2) is 11.0. The first-order chi connectivity index (χ1) is 15.1. The summed E-state index contributed by atoms with van der Waals surface area (Å²) >= 11 is 0. The lowest BCUT2D eigenvalue weighted by atomic mass is 10.0. The van der Waals surface area contributed by atoms with Crippen LogP contribution in [-0.4, -0.2) is 23.8 Å². The van der Waals surface area contributed by atoms with Crippen molar-refractivity contribution < 1.29 is 14.3 Å². The van der Waals surface area contributed by atoms with Crippen molar-refractivity contribution in [3.05, 3.63) is 102 Å². The number of benzene rings is 3. The third-order valence-electron chi connectivity index (χ3n) is 5.12. The van der Waals surface area contributed by atoms with Crippen LogP contribution in [0.1, 0.15) is 36.1 Å². The number of nitrogens with one attached hydrogen (secondary N) is 1. The van der Waals surface area contributed by atoms with Crippen LogP contribution < -0.4 is 10.1 Å². The van der Waals surface area contributed by atoms with Crippen LogP contribution >= 0.6 is 0 Å². The van der Waals surface area contributed by atoms with Crippen LogP contribution in [0.25, 0.3) is 0 Å². The van der Waals surface area contributed by atoms with Crippen molar-refractivity contribution >= 4 is 11.8 Å². The molecule has 3 aromatic carbocycles. The first kappa shape index (κ1) is 22.1. The molecule has 0 spiro atoms. The van der Waals surface area contributed by atoms with Crippen molar-refractivity contribution in [2.45, 2.75) is 32.5 Å². The number of carbonyl (C=O) groups excluding carboxylic acids is 2. The monoisotopic (exact) mass is 416 g/mol. The number of amides is 2. The van der Waals surface area contributed by atoms with Crippen LogP contribution in [-0.2, 0) is 22.7 Å². The van der Waals surface area contributed by atoms with Gasteiger partial charge in [-0.25, -0.2) is 0 Å². The molecule has 1 N–H and O–H groups in total. The van der Waals surface area contributed by atoms with E-state index in [0.717, 1.165) is 22.4 Å². The first-order valence-corrected chi connectivity index (χ1v) is 10.4. The van der Waals surface area contributed by atoms with E-state index in [1.165, 1.54) is 0 Å². The molecule has 0 bridgehead atoms. The smallest absolute Gasteiger partial charge is 0.247 e. The van der Waals surface area contributed by atoms with E-state index in [4.69, 9.17) is 4.74 Å². The number of hydrogen-bond acceptors (Lipinski definition) is 3. The molecular formula is C26H28N2O3. The second-order valence-corrected chi connectivity index (χ2v) is 7.24. The van der Waals surface area contributed by atoms with E-state index in [0.29, 0.717) is 19.5 Å². The Hall–Kier alpha value is -3.60. The van der Waals surface area contributed by atoms with Gasteiger partial charge in [0.05, 0.1) is 7.11 Å². The Labute approximate surface area is 183 Å². The van der Waals surface area contributed by atoms with E-state index < -0.39 is 6.04 Å². The Bertz CT molecular complexity index is 973. The number of hydrogen-bond donors (Lipinski definition) is 1. The Morgan fingerprint density at radius 1 is 0.871 bits per heavy atom. The molecule has 0 saturated carbocycles. The largest absolute Gasteiger partial charge is 0.497 e. The summed E-state index contributed by atoms with van der Waals surface area (Å²) in [4.78, 5) is 27.9. The van der Waals surface area contributed by atoms with Crippen molar-refractivity contribution in [1.29, 1.82) is 0 Å². The summed E-state index contributed by atoms with van der Waals surface area (Å²) < 4.78 is 5.19. The number of carbonyl (C=O) groups is 2. The fourth-order valence-corrected chi connectivity index (χ4v) is 3.44. The van der Waals surface area contributed by atoms with Gasteiger partial charge in [0.15, 0.2) is 0 Å². The molecule has 1 atom stereocenters. The minimum atomic E-state index is -0.716. The minimum absolute atomic E-state index is 0.0719. The highest BCUT2D eigenvalue weighted by molar-refractivity contribution is 5.88. The first-order valence-electron chi connectivity index (χ1n) is 10.4. The second-order valence-electron chi connectivity index (χ2n) is 7.24. The molecule has 0 radical (unpaired) electrons. The Balaban J connectivity index is 1.86. The highest BCUT2D eigenvalue weighted by Crippen LogP contribution is 2.25. The molecule has 0 saturated heterocycles. The predicted molar refractivity (Wildman–Crippen MR) is 121 cm³/mol. The molecular weight excluding hydrogens is 388 g/mol. The topological polar surface area (TPSA) is 58.6 Å². The molecule has 0 heterocycles. The Morgan fingerprint density at radius 3 is 2.06 bits per heavy atom. The summed E-state index contributed by atoms with van der Waals surface area (Å²) in [5.41, 5.74) is 2.72. The Kier molecular flexibility index (Phi) is 7.82. The molecule has 2 amide bonds. The summed E-state index contributed by atoms with van der Waals surface area (Å²) in [7, 11) is 1.62. The van der Waals surface area contributed by atoms with Crippen molar-refractivity contribution in [2.24, 2.45) is 0 Å². The number of rotatable bonds is 9. The average Bonchev–Trinajstić information content (AvgIpc) is 2.83. The molecule has 160 valence electrons. The predicted octanol–water partition coefficient (Wildman–Crippen LogP) is 4.49. The Morgan fingerprint density at radius 2 is 1.48 bits per heavy atom. The van der Waals surface area contributed by atoms with E-state index in [1.807, 2.05) is 91.9 Å². The maximum Gasteiger partial charge on any atom is 0.247 e. The van der Waals surface area contributed by atoms with Crippen molar-refractivity contribution in [3.8, 4) is 5.75 Å². The molecule has 0 aliphatic rings. The third-order valence-corrected chi connectivity index (χ3v) is 5.12. The SMILES string of the molecule is CCC(=O)N(Cc1ccccc1)[C@@H](C(=O)NCc1ccc(OC)cc1)c1ccccc1. The summed E-state index contributed by atoms with van der Waals surface area (Å²) in [6, 6.07) is 26.0. The van der Waals surface area contributed by atoms with Crippen LogP contribution in [0.3, 0.4) is 0 Å². The maximum atomic E-state index is 13.4. The van der Waals surface area contributed by atoms with Crippen LogP contribution in [0, 0.1) is 0 Å². The fraction of sp³-hybridized carbons (Fsp3) is 0.231. The summed E-state index contributed by atoms with van der Waals surface area (Å²) in [5.74, 6) is 0.483. The standard InChI is InChI=1S/C26H28N2O3/c1-3-24(29)28(19-21-10-6-4-7-11-21)25(22-12-8-5-9-13-22)26(30)27-18-20-14-16-23(31-2)17-15-20/h4-17,25H,3,18-19H2,1-2H3,(H,27,30)/t25-/m1/s1. The van der Waals surface area contributed by atoms with Crippen molar-refractivity contribution in [1.82, 2.24) is 10.2 Å². The molecule has 5 nitrogen and oxygen atoms in total.